The summed E-state index contributed by atoms with van der Waals surface area (Å²) in [7, 11) is 0. The molecule has 1 heterocycles. The van der Waals surface area contributed by atoms with E-state index in [1.54, 1.807) is 6.07 Å². The van der Waals surface area contributed by atoms with Crippen LogP contribution in [0.5, 0.6) is 5.88 Å². The second-order valence-electron chi connectivity index (χ2n) is 2.27. The van der Waals surface area contributed by atoms with Crippen molar-refractivity contribution >= 4 is 23.2 Å². The summed E-state index contributed by atoms with van der Waals surface area (Å²) in [5.74, 6) is -0.881. The van der Waals surface area contributed by atoms with Crippen LogP contribution in [-0.4, -0.2) is 11.3 Å². The van der Waals surface area contributed by atoms with Crippen LogP contribution in [0, 0.1) is 11.3 Å². The average Bonchev–Trinajstić information content (AvgIpc) is 2.08. The summed E-state index contributed by atoms with van der Waals surface area (Å²) < 4.78 is 38.9. The first kappa shape index (κ1) is 11.9. The van der Waals surface area contributed by atoms with Gasteiger partial charge in [-0.15, -0.1) is 13.2 Å². The number of aromatic nitrogens is 1. The molecule has 0 radical (unpaired) electrons. The summed E-state index contributed by atoms with van der Waals surface area (Å²) in [5.41, 5.74) is -0.129. The van der Waals surface area contributed by atoms with Gasteiger partial charge < -0.3 is 4.74 Å². The maximum Gasteiger partial charge on any atom is 0.574 e. The van der Waals surface area contributed by atoms with E-state index in [4.69, 9.17) is 28.5 Å². The quantitative estimate of drug-likeness (QED) is 0.726. The van der Waals surface area contributed by atoms with Crippen LogP contribution >= 0.6 is 23.2 Å². The molecule has 0 bridgehead atoms. The number of hydrogen-bond acceptors (Lipinski definition) is 3. The van der Waals surface area contributed by atoms with Crippen LogP contribution in [0.3, 0.4) is 0 Å². The van der Waals surface area contributed by atoms with Crippen molar-refractivity contribution < 1.29 is 17.9 Å². The van der Waals surface area contributed by atoms with Gasteiger partial charge in [0.25, 0.3) is 0 Å². The van der Waals surface area contributed by atoms with E-state index in [1.807, 2.05) is 0 Å². The van der Waals surface area contributed by atoms with E-state index in [0.29, 0.717) is 0 Å². The lowest BCUT2D eigenvalue weighted by Crippen LogP contribution is -2.18. The maximum absolute atomic E-state index is 11.8. The summed E-state index contributed by atoms with van der Waals surface area (Å²) in [6, 6.07) is 2.55. The van der Waals surface area contributed by atoms with E-state index in [9.17, 15) is 13.2 Å². The van der Waals surface area contributed by atoms with Crippen LogP contribution < -0.4 is 4.74 Å². The number of nitriles is 1. The molecule has 0 aliphatic heterocycles. The van der Waals surface area contributed by atoms with E-state index < -0.39 is 22.4 Å². The Morgan fingerprint density at radius 1 is 1.40 bits per heavy atom. The molecule has 0 aromatic carbocycles. The molecule has 0 aliphatic carbocycles. The van der Waals surface area contributed by atoms with Gasteiger partial charge in [0.15, 0.2) is 5.15 Å². The number of pyridine rings is 1. The predicted octanol–water partition coefficient (Wildman–Crippen LogP) is 3.16. The largest absolute Gasteiger partial charge is 0.574 e. The molecule has 1 aromatic heterocycles. The standard InChI is InChI=1S/C7HCl2F3N2O/c8-4-1-3(2-13)5(9)14-6(4)15-7(10,11)12/h1H. The fourth-order valence-electron chi connectivity index (χ4n) is 0.710. The van der Waals surface area contributed by atoms with Gasteiger partial charge in [-0.1, -0.05) is 23.2 Å². The Hall–Kier alpha value is -1.19. The van der Waals surface area contributed by atoms with Crippen molar-refractivity contribution in [3.63, 3.8) is 0 Å². The zero-order chi connectivity index (χ0) is 11.6. The highest BCUT2D eigenvalue weighted by Crippen LogP contribution is 2.31. The molecule has 3 nitrogen and oxygen atoms in total. The molecular formula is C7HCl2F3N2O. The van der Waals surface area contributed by atoms with Crippen molar-refractivity contribution in [2.75, 3.05) is 0 Å². The van der Waals surface area contributed by atoms with Gasteiger partial charge in [0, 0.05) is 0 Å². The molecule has 0 fully saturated rings. The number of rotatable bonds is 1. The summed E-state index contributed by atoms with van der Waals surface area (Å²) >= 11 is 10.8. The maximum atomic E-state index is 11.8. The van der Waals surface area contributed by atoms with Crippen molar-refractivity contribution in [1.82, 2.24) is 4.98 Å². The van der Waals surface area contributed by atoms with Crippen molar-refractivity contribution in [3.8, 4) is 11.9 Å². The Balaban J connectivity index is 3.13. The Bertz CT molecular complexity index is 427. The molecule has 0 aliphatic rings. The summed E-state index contributed by atoms with van der Waals surface area (Å²) in [6.45, 7) is 0. The molecule has 0 atom stereocenters. The number of nitrogens with zero attached hydrogens (tertiary/aromatic N) is 2. The first-order chi connectivity index (χ1) is 6.83. The Morgan fingerprint density at radius 2 is 2.00 bits per heavy atom. The summed E-state index contributed by atoms with van der Waals surface area (Å²) in [4.78, 5) is 3.20. The Morgan fingerprint density at radius 3 is 2.47 bits per heavy atom. The van der Waals surface area contributed by atoms with Crippen LogP contribution in [0.1, 0.15) is 5.56 Å². The smallest absolute Gasteiger partial charge is 0.386 e. The van der Waals surface area contributed by atoms with Gasteiger partial charge in [-0.3, -0.25) is 0 Å². The SMILES string of the molecule is N#Cc1cc(Cl)c(OC(F)(F)F)nc1Cl. The molecule has 80 valence electrons. The van der Waals surface area contributed by atoms with Crippen molar-refractivity contribution in [1.29, 1.82) is 5.26 Å². The Kier molecular flexibility index (Phi) is 3.27. The summed E-state index contributed by atoms with van der Waals surface area (Å²) in [6.07, 6.45) is -4.91. The third kappa shape index (κ3) is 3.15. The van der Waals surface area contributed by atoms with Gasteiger partial charge in [-0.25, -0.2) is 0 Å². The van der Waals surface area contributed by atoms with Crippen molar-refractivity contribution in [3.05, 3.63) is 21.8 Å². The monoisotopic (exact) mass is 256 g/mol. The molecule has 0 saturated carbocycles. The molecular weight excluding hydrogens is 256 g/mol. The lowest BCUT2D eigenvalue weighted by molar-refractivity contribution is -0.276. The van der Waals surface area contributed by atoms with Crippen LogP contribution in [0.25, 0.3) is 0 Å². The van der Waals surface area contributed by atoms with Crippen LogP contribution in [0.4, 0.5) is 13.2 Å². The number of ether oxygens (including phenoxy) is 1. The molecule has 0 unspecified atom stereocenters. The zero-order valence-electron chi connectivity index (χ0n) is 6.77. The van der Waals surface area contributed by atoms with Gasteiger partial charge in [0.1, 0.15) is 11.1 Å². The highest BCUT2D eigenvalue weighted by Gasteiger charge is 2.33. The first-order valence-electron chi connectivity index (χ1n) is 3.35. The molecule has 15 heavy (non-hydrogen) atoms. The van der Waals surface area contributed by atoms with Gasteiger partial charge in [0.05, 0.1) is 5.56 Å². The van der Waals surface area contributed by atoms with E-state index >= 15 is 0 Å². The van der Waals surface area contributed by atoms with Crippen LogP contribution in [0.2, 0.25) is 10.2 Å². The first-order valence-corrected chi connectivity index (χ1v) is 4.11. The van der Waals surface area contributed by atoms with E-state index in [2.05, 4.69) is 9.72 Å². The third-order valence-corrected chi connectivity index (χ3v) is 1.79. The molecule has 0 saturated heterocycles. The van der Waals surface area contributed by atoms with Crippen molar-refractivity contribution in [2.24, 2.45) is 0 Å². The van der Waals surface area contributed by atoms with Gasteiger partial charge in [-0.2, -0.15) is 10.2 Å². The number of hydrogen-bond donors (Lipinski definition) is 0. The molecule has 0 N–H and O–H groups in total. The minimum absolute atomic E-state index is 0.129. The predicted molar refractivity (Wildman–Crippen MR) is 45.7 cm³/mol. The molecule has 8 heteroatoms. The fraction of sp³-hybridized carbons (Fsp3) is 0.143. The third-order valence-electron chi connectivity index (χ3n) is 1.23. The molecule has 1 aromatic rings. The lowest BCUT2D eigenvalue weighted by Gasteiger charge is -2.09. The minimum Gasteiger partial charge on any atom is -0.386 e. The van der Waals surface area contributed by atoms with Crippen LogP contribution in [-0.2, 0) is 0 Å². The van der Waals surface area contributed by atoms with Gasteiger partial charge >= 0.3 is 6.36 Å². The molecule has 0 spiro atoms. The highest BCUT2D eigenvalue weighted by atomic mass is 35.5. The summed E-state index contributed by atoms with van der Waals surface area (Å²) in [5, 5.41) is 7.63. The van der Waals surface area contributed by atoms with Crippen molar-refractivity contribution in [2.45, 2.75) is 6.36 Å². The van der Waals surface area contributed by atoms with Gasteiger partial charge in [-0.05, 0) is 6.07 Å². The average molecular weight is 257 g/mol. The molecule has 0 amide bonds. The lowest BCUT2D eigenvalue weighted by atomic mass is 10.3. The second-order valence-corrected chi connectivity index (χ2v) is 3.04. The van der Waals surface area contributed by atoms with E-state index in [0.717, 1.165) is 6.07 Å². The Labute approximate surface area is 92.0 Å². The number of alkyl halides is 3. The fourth-order valence-corrected chi connectivity index (χ4v) is 1.07. The highest BCUT2D eigenvalue weighted by molar-refractivity contribution is 6.33. The second kappa shape index (κ2) is 4.13. The topological polar surface area (TPSA) is 45.9 Å². The van der Waals surface area contributed by atoms with Gasteiger partial charge in [0.2, 0.25) is 5.88 Å². The van der Waals surface area contributed by atoms with Crippen LogP contribution in [0.15, 0.2) is 6.07 Å². The zero-order valence-corrected chi connectivity index (χ0v) is 8.28. The minimum atomic E-state index is -4.91. The molecule has 1 rings (SSSR count). The van der Waals surface area contributed by atoms with E-state index in [1.165, 1.54) is 0 Å². The number of halogens is 5. The van der Waals surface area contributed by atoms with E-state index in [-0.39, 0.29) is 5.56 Å². The normalized spacial score (nSPS) is 10.9.